The highest BCUT2D eigenvalue weighted by Gasteiger charge is 2.23. The smallest absolute Gasteiger partial charge is 0.263 e. The van der Waals surface area contributed by atoms with Crippen molar-refractivity contribution >= 4 is 33.3 Å². The van der Waals surface area contributed by atoms with Crippen molar-refractivity contribution in [1.29, 1.82) is 5.26 Å². The van der Waals surface area contributed by atoms with Crippen LogP contribution in [0.1, 0.15) is 35.9 Å². The van der Waals surface area contributed by atoms with Gasteiger partial charge in [0.05, 0.1) is 5.39 Å². The van der Waals surface area contributed by atoms with Gasteiger partial charge in [0.2, 0.25) is 0 Å². The number of nitrogens with zero attached hydrogens (tertiary/aromatic N) is 4. The average molecular weight is 368 g/mol. The first-order chi connectivity index (χ1) is 12.2. The van der Waals surface area contributed by atoms with Crippen LogP contribution in [0.5, 0.6) is 0 Å². The first-order valence-electron chi connectivity index (χ1n) is 8.31. The van der Waals surface area contributed by atoms with E-state index in [-0.39, 0.29) is 5.56 Å². The summed E-state index contributed by atoms with van der Waals surface area (Å²) in [6, 6.07) is 7.36. The summed E-state index contributed by atoms with van der Waals surface area (Å²) >= 11 is 3.00. The fourth-order valence-corrected chi connectivity index (χ4v) is 5.39. The Kier molecular flexibility index (Phi) is 4.32. The van der Waals surface area contributed by atoms with Crippen LogP contribution in [0.3, 0.4) is 0 Å². The molecule has 0 aromatic carbocycles. The Morgan fingerprint density at radius 2 is 2.24 bits per heavy atom. The largest absolute Gasteiger partial charge is 0.287 e. The summed E-state index contributed by atoms with van der Waals surface area (Å²) in [5.41, 5.74) is 1.64. The first kappa shape index (κ1) is 16.3. The van der Waals surface area contributed by atoms with Crippen LogP contribution in [0, 0.1) is 11.3 Å². The Morgan fingerprint density at radius 1 is 1.36 bits per heavy atom. The van der Waals surface area contributed by atoms with Crippen molar-refractivity contribution in [2.24, 2.45) is 0 Å². The van der Waals surface area contributed by atoms with Crippen LogP contribution in [0.25, 0.3) is 10.2 Å². The monoisotopic (exact) mass is 368 g/mol. The molecular weight excluding hydrogens is 352 g/mol. The Hall–Kier alpha value is -2.17. The van der Waals surface area contributed by atoms with E-state index in [0.717, 1.165) is 35.9 Å². The summed E-state index contributed by atoms with van der Waals surface area (Å²) in [6.45, 7) is 2.68. The molecule has 0 saturated carbocycles. The summed E-state index contributed by atoms with van der Waals surface area (Å²) in [5, 5.41) is 11.2. The van der Waals surface area contributed by atoms with Crippen LogP contribution >= 0.6 is 23.1 Å². The minimum absolute atomic E-state index is 0.0604. The fraction of sp³-hybridized carbons (Fsp3) is 0.333. The molecule has 1 aliphatic carbocycles. The van der Waals surface area contributed by atoms with Gasteiger partial charge in [0, 0.05) is 11.4 Å². The van der Waals surface area contributed by atoms with Crippen molar-refractivity contribution < 1.29 is 0 Å². The van der Waals surface area contributed by atoms with E-state index in [4.69, 9.17) is 10.2 Å². The van der Waals surface area contributed by atoms with Gasteiger partial charge in [-0.25, -0.2) is 9.97 Å². The highest BCUT2D eigenvalue weighted by molar-refractivity contribution is 7.99. The molecule has 126 valence electrons. The third-order valence-corrected chi connectivity index (χ3v) is 6.39. The van der Waals surface area contributed by atoms with Crippen molar-refractivity contribution in [3.8, 4) is 6.07 Å². The van der Waals surface area contributed by atoms with E-state index < -0.39 is 0 Å². The fourth-order valence-electron chi connectivity index (χ4n) is 3.18. The molecule has 0 atom stereocenters. The van der Waals surface area contributed by atoms with Crippen LogP contribution in [0.4, 0.5) is 0 Å². The lowest BCUT2D eigenvalue weighted by Gasteiger charge is -2.11. The van der Waals surface area contributed by atoms with Gasteiger partial charge < -0.3 is 0 Å². The molecule has 0 amide bonds. The molecule has 3 aromatic heterocycles. The molecule has 1 aliphatic rings. The quantitative estimate of drug-likeness (QED) is 0.656. The summed E-state index contributed by atoms with van der Waals surface area (Å²) in [4.78, 5) is 24.4. The van der Waals surface area contributed by atoms with E-state index in [1.54, 1.807) is 28.0 Å². The van der Waals surface area contributed by atoms with Gasteiger partial charge in [-0.05, 0) is 55.1 Å². The molecule has 3 heterocycles. The molecule has 0 saturated heterocycles. The Balaban J connectivity index is 1.86. The number of aryl methyl sites for hydroxylation is 2. The maximum atomic E-state index is 13.1. The average Bonchev–Trinajstić information content (AvgIpc) is 3.19. The lowest BCUT2D eigenvalue weighted by molar-refractivity contribution is 0.585. The number of hydrogen-bond acceptors (Lipinski definition) is 6. The molecule has 0 radical (unpaired) electrons. The van der Waals surface area contributed by atoms with E-state index in [1.807, 2.05) is 12.1 Å². The first-order valence-corrected chi connectivity index (χ1v) is 9.94. The molecule has 0 fully saturated rings. The third-order valence-electron chi connectivity index (χ3n) is 4.27. The molecule has 25 heavy (non-hydrogen) atoms. The summed E-state index contributed by atoms with van der Waals surface area (Å²) in [5.74, 6) is 0. The second-order valence-electron chi connectivity index (χ2n) is 5.96. The SMILES string of the molecule is CCCn1c(Sc2cccc(C#N)n2)nc2sc3c(c2c1=O)CCC3. The molecule has 7 heteroatoms. The van der Waals surface area contributed by atoms with Crippen molar-refractivity contribution in [2.75, 3.05) is 0 Å². The summed E-state index contributed by atoms with van der Waals surface area (Å²) < 4.78 is 1.76. The van der Waals surface area contributed by atoms with Gasteiger partial charge in [0.25, 0.3) is 5.56 Å². The standard InChI is InChI=1S/C18H16N4OS2/c1-2-9-22-17(23)15-12-6-4-7-13(12)24-16(15)21-18(22)25-14-8-3-5-11(10-19)20-14/h3,5,8H,2,4,6-7,9H2,1H3. The number of fused-ring (bicyclic) bond motifs is 3. The number of hydrogen-bond donors (Lipinski definition) is 0. The second-order valence-corrected chi connectivity index (χ2v) is 8.03. The number of pyridine rings is 1. The molecule has 4 rings (SSSR count). The predicted octanol–water partition coefficient (Wildman–Crippen LogP) is 3.77. The van der Waals surface area contributed by atoms with E-state index in [0.29, 0.717) is 22.4 Å². The maximum absolute atomic E-state index is 13.1. The molecule has 3 aromatic rings. The Bertz CT molecular complexity index is 1060. The number of aromatic nitrogens is 3. The van der Waals surface area contributed by atoms with Gasteiger partial charge in [-0.2, -0.15) is 5.26 Å². The van der Waals surface area contributed by atoms with Gasteiger partial charge in [-0.1, -0.05) is 13.0 Å². The summed E-state index contributed by atoms with van der Waals surface area (Å²) in [6.07, 6.45) is 4.03. The van der Waals surface area contributed by atoms with Crippen LogP contribution in [0.15, 0.2) is 33.2 Å². The number of nitriles is 1. The van der Waals surface area contributed by atoms with E-state index in [2.05, 4.69) is 11.9 Å². The van der Waals surface area contributed by atoms with E-state index >= 15 is 0 Å². The highest BCUT2D eigenvalue weighted by Crippen LogP contribution is 2.36. The molecule has 0 bridgehead atoms. The second kappa shape index (κ2) is 6.62. The minimum Gasteiger partial charge on any atom is -0.287 e. The summed E-state index contributed by atoms with van der Waals surface area (Å²) in [7, 11) is 0. The van der Waals surface area contributed by atoms with E-state index in [9.17, 15) is 4.79 Å². The van der Waals surface area contributed by atoms with Crippen LogP contribution in [-0.4, -0.2) is 14.5 Å². The zero-order valence-corrected chi connectivity index (χ0v) is 15.4. The minimum atomic E-state index is 0.0604. The molecule has 0 unspecified atom stereocenters. The topological polar surface area (TPSA) is 71.6 Å². The molecular formula is C18H16N4OS2. The van der Waals surface area contributed by atoms with Crippen molar-refractivity contribution in [1.82, 2.24) is 14.5 Å². The van der Waals surface area contributed by atoms with Gasteiger partial charge in [-0.3, -0.25) is 9.36 Å². The molecule has 0 N–H and O–H groups in total. The number of thiophene rings is 1. The zero-order valence-electron chi connectivity index (χ0n) is 13.8. The van der Waals surface area contributed by atoms with Gasteiger partial charge in [-0.15, -0.1) is 11.3 Å². The van der Waals surface area contributed by atoms with Gasteiger partial charge in [0.15, 0.2) is 5.16 Å². The highest BCUT2D eigenvalue weighted by atomic mass is 32.2. The van der Waals surface area contributed by atoms with Gasteiger partial charge in [0.1, 0.15) is 21.6 Å². The number of rotatable bonds is 4. The predicted molar refractivity (Wildman–Crippen MR) is 99.3 cm³/mol. The normalized spacial score (nSPS) is 13.1. The third kappa shape index (κ3) is 2.86. The van der Waals surface area contributed by atoms with Crippen LogP contribution in [0.2, 0.25) is 0 Å². The van der Waals surface area contributed by atoms with Crippen molar-refractivity contribution in [2.45, 2.75) is 49.3 Å². The van der Waals surface area contributed by atoms with Crippen molar-refractivity contribution in [3.63, 3.8) is 0 Å². The lowest BCUT2D eigenvalue weighted by Crippen LogP contribution is -2.23. The zero-order chi connectivity index (χ0) is 17.4. The lowest BCUT2D eigenvalue weighted by atomic mass is 10.2. The molecule has 5 nitrogen and oxygen atoms in total. The molecule has 0 spiro atoms. The van der Waals surface area contributed by atoms with Crippen LogP contribution < -0.4 is 5.56 Å². The molecule has 0 aliphatic heterocycles. The van der Waals surface area contributed by atoms with Crippen LogP contribution in [-0.2, 0) is 19.4 Å². The Morgan fingerprint density at radius 3 is 3.04 bits per heavy atom. The Labute approximate surface area is 153 Å². The van der Waals surface area contributed by atoms with E-state index in [1.165, 1.54) is 22.2 Å². The maximum Gasteiger partial charge on any atom is 0.263 e. The van der Waals surface area contributed by atoms with Gasteiger partial charge >= 0.3 is 0 Å². The van der Waals surface area contributed by atoms with Crippen molar-refractivity contribution in [3.05, 3.63) is 44.7 Å².